The molecule has 6 unspecified atom stereocenters. The molecule has 0 amide bonds. The maximum Gasteiger partial charge on any atom is 0.138 e. The number of hydrogen-bond donors (Lipinski definition) is 3. The van der Waals surface area contributed by atoms with Crippen LogP contribution in [0.1, 0.15) is 119 Å². The average Bonchev–Trinajstić information content (AvgIpc) is 2.88. The number of ether oxygens (including phenoxy) is 1. The van der Waals surface area contributed by atoms with Gasteiger partial charge in [-0.3, -0.25) is 4.79 Å². The molecule has 12 atom stereocenters. The van der Waals surface area contributed by atoms with Crippen molar-refractivity contribution < 1.29 is 24.9 Å². The second-order valence-electron chi connectivity index (χ2n) is 17.2. The molecule has 3 N–H and O–H groups in total. The molecule has 0 bridgehead atoms. The molecule has 4 saturated carbocycles. The first-order valence-corrected chi connectivity index (χ1v) is 16.5. The first kappa shape index (κ1) is 29.3. The molecule has 1 heterocycles. The van der Waals surface area contributed by atoms with Gasteiger partial charge in [-0.25, -0.2) is 0 Å². The highest BCUT2D eigenvalue weighted by atomic mass is 16.5. The Labute approximate surface area is 242 Å². The van der Waals surface area contributed by atoms with Crippen molar-refractivity contribution in [3.63, 3.8) is 0 Å². The van der Waals surface area contributed by atoms with Crippen molar-refractivity contribution in [3.8, 4) is 0 Å². The van der Waals surface area contributed by atoms with Crippen molar-refractivity contribution in [1.29, 1.82) is 0 Å². The number of aliphatic hydroxyl groups is 3. The van der Waals surface area contributed by atoms with Gasteiger partial charge in [0, 0.05) is 11.8 Å². The summed E-state index contributed by atoms with van der Waals surface area (Å²) < 4.78 is 6.22. The van der Waals surface area contributed by atoms with Gasteiger partial charge in [0.05, 0.1) is 12.2 Å². The van der Waals surface area contributed by atoms with E-state index in [1.807, 2.05) is 6.92 Å². The molecular weight excluding hydrogens is 500 g/mol. The first-order chi connectivity index (χ1) is 18.6. The average molecular weight is 557 g/mol. The Morgan fingerprint density at radius 1 is 0.825 bits per heavy atom. The van der Waals surface area contributed by atoms with Gasteiger partial charge >= 0.3 is 0 Å². The van der Waals surface area contributed by atoms with Crippen LogP contribution in [0.5, 0.6) is 0 Å². The minimum absolute atomic E-state index is 0.0643. The van der Waals surface area contributed by atoms with E-state index in [2.05, 4.69) is 47.6 Å². The van der Waals surface area contributed by atoms with Crippen LogP contribution in [0, 0.1) is 50.7 Å². The molecule has 0 spiro atoms. The predicted molar refractivity (Wildman–Crippen MR) is 156 cm³/mol. The summed E-state index contributed by atoms with van der Waals surface area (Å²) in [4.78, 5) is 13.0. The van der Waals surface area contributed by atoms with E-state index in [0.29, 0.717) is 29.5 Å². The van der Waals surface area contributed by atoms with E-state index in [-0.39, 0.29) is 27.1 Å². The molecule has 40 heavy (non-hydrogen) atoms. The molecule has 6 rings (SSSR count). The molecule has 5 fully saturated rings. The lowest BCUT2D eigenvalue weighted by Crippen LogP contribution is -2.62. The quantitative estimate of drug-likeness (QED) is 0.351. The number of carbonyl (C=O) groups is 1. The summed E-state index contributed by atoms with van der Waals surface area (Å²) in [6.07, 6.45) is 10.3. The zero-order valence-electron chi connectivity index (χ0n) is 26.2. The first-order valence-electron chi connectivity index (χ1n) is 16.5. The number of allylic oxidation sites excluding steroid dienone is 2. The van der Waals surface area contributed by atoms with Crippen LogP contribution in [-0.2, 0) is 9.53 Å². The van der Waals surface area contributed by atoms with Crippen LogP contribution in [0.2, 0.25) is 0 Å². The minimum Gasteiger partial charge on any atom is -0.388 e. The van der Waals surface area contributed by atoms with Gasteiger partial charge in [0.15, 0.2) is 0 Å². The highest BCUT2D eigenvalue weighted by molar-refractivity contribution is 5.85. The Kier molecular flexibility index (Phi) is 6.87. The van der Waals surface area contributed by atoms with Crippen LogP contribution in [-0.4, -0.2) is 51.6 Å². The molecule has 6 aliphatic rings. The number of Topliss-reactive ketones (excluding diaryl/α,β-unsaturated/α-hetero) is 1. The fourth-order valence-electron chi connectivity index (χ4n) is 11.9. The number of fused-ring (bicyclic) bond motifs is 7. The van der Waals surface area contributed by atoms with Crippen molar-refractivity contribution in [1.82, 2.24) is 0 Å². The van der Waals surface area contributed by atoms with Crippen molar-refractivity contribution in [2.24, 2.45) is 50.7 Å². The Morgan fingerprint density at radius 3 is 2.27 bits per heavy atom. The van der Waals surface area contributed by atoms with Gasteiger partial charge in [-0.2, -0.15) is 0 Å². The molecule has 0 aromatic heterocycles. The summed E-state index contributed by atoms with van der Waals surface area (Å²) in [6, 6.07) is 0. The topological polar surface area (TPSA) is 87.0 Å². The molecule has 1 saturated heterocycles. The van der Waals surface area contributed by atoms with Crippen molar-refractivity contribution in [3.05, 3.63) is 11.6 Å². The summed E-state index contributed by atoms with van der Waals surface area (Å²) in [6.45, 7) is 16.3. The second kappa shape index (κ2) is 9.37. The molecule has 5 heteroatoms. The van der Waals surface area contributed by atoms with Crippen LogP contribution in [0.25, 0.3) is 0 Å². The van der Waals surface area contributed by atoms with E-state index >= 15 is 0 Å². The fourth-order valence-corrected chi connectivity index (χ4v) is 11.9. The highest BCUT2D eigenvalue weighted by Gasteiger charge is 2.65. The van der Waals surface area contributed by atoms with E-state index in [0.717, 1.165) is 44.9 Å². The molecule has 5 aliphatic carbocycles. The Morgan fingerprint density at radius 2 is 1.55 bits per heavy atom. The normalized spacial score (nSPS) is 53.4. The zero-order chi connectivity index (χ0) is 29.0. The van der Waals surface area contributed by atoms with Crippen LogP contribution < -0.4 is 0 Å². The van der Waals surface area contributed by atoms with Gasteiger partial charge in [-0.1, -0.05) is 53.2 Å². The lowest BCUT2D eigenvalue weighted by Gasteiger charge is -2.67. The molecule has 1 aliphatic heterocycles. The van der Waals surface area contributed by atoms with Gasteiger partial charge in [0.25, 0.3) is 0 Å². The van der Waals surface area contributed by atoms with Crippen molar-refractivity contribution in [2.45, 2.75) is 150 Å². The summed E-state index contributed by atoms with van der Waals surface area (Å²) in [7, 11) is 0. The smallest absolute Gasteiger partial charge is 0.138 e. The number of aliphatic hydroxyl groups excluding tert-OH is 3. The van der Waals surface area contributed by atoms with E-state index in [1.165, 1.54) is 25.7 Å². The summed E-state index contributed by atoms with van der Waals surface area (Å²) >= 11 is 0. The standard InChI is InChI=1S/C35H56O5/c1-20-28(37)30(39)29(38)24(40-20)19-35-15-10-22-21(23(35)18-31(2,3)16-17-35)8-9-26-33(22,6)13-11-25-32(4,5)27(36)12-14-34(25,26)7/h8,20,22-26,28-30,37-39H,9-19H2,1-7H3/t20?,22?,23?,24-,25?,26?,28-,29+,30?,33-,34-,35-/m0/s1. The maximum absolute atomic E-state index is 13.0. The number of ketones is 1. The third-order valence-electron chi connectivity index (χ3n) is 14.3. The van der Waals surface area contributed by atoms with Crippen LogP contribution in [0.3, 0.4) is 0 Å². The zero-order valence-corrected chi connectivity index (χ0v) is 26.2. The van der Waals surface area contributed by atoms with Crippen molar-refractivity contribution >= 4 is 5.78 Å². The van der Waals surface area contributed by atoms with Gasteiger partial charge in [0.1, 0.15) is 24.1 Å². The van der Waals surface area contributed by atoms with E-state index in [9.17, 15) is 20.1 Å². The van der Waals surface area contributed by atoms with Gasteiger partial charge in [-0.15, -0.1) is 0 Å². The molecule has 226 valence electrons. The maximum atomic E-state index is 13.0. The van der Waals surface area contributed by atoms with Gasteiger partial charge < -0.3 is 20.1 Å². The Hall–Kier alpha value is -0.750. The third kappa shape index (κ3) is 4.10. The number of hydrogen-bond acceptors (Lipinski definition) is 5. The van der Waals surface area contributed by atoms with Crippen LogP contribution >= 0.6 is 0 Å². The van der Waals surface area contributed by atoms with Gasteiger partial charge in [0.2, 0.25) is 0 Å². The molecule has 0 radical (unpaired) electrons. The number of carbonyl (C=O) groups excluding carboxylic acids is 1. The summed E-state index contributed by atoms with van der Waals surface area (Å²) in [5, 5.41) is 31.9. The molecular formula is C35H56O5. The molecule has 5 nitrogen and oxygen atoms in total. The van der Waals surface area contributed by atoms with E-state index in [1.54, 1.807) is 5.57 Å². The molecule has 0 aromatic carbocycles. The Balaban J connectivity index is 1.34. The monoisotopic (exact) mass is 556 g/mol. The lowest BCUT2D eigenvalue weighted by atomic mass is 9.37. The number of rotatable bonds is 2. The summed E-state index contributed by atoms with van der Waals surface area (Å²) in [5.74, 6) is 2.61. The Bertz CT molecular complexity index is 1060. The predicted octanol–water partition coefficient (Wildman–Crippen LogP) is 6.23. The fraction of sp³-hybridized carbons (Fsp3) is 0.914. The van der Waals surface area contributed by atoms with Gasteiger partial charge in [-0.05, 0) is 116 Å². The second-order valence-corrected chi connectivity index (χ2v) is 17.2. The largest absolute Gasteiger partial charge is 0.388 e. The summed E-state index contributed by atoms with van der Waals surface area (Å²) in [5.41, 5.74) is 2.28. The minimum atomic E-state index is -1.16. The highest BCUT2D eigenvalue weighted by Crippen LogP contribution is 2.72. The lowest BCUT2D eigenvalue weighted by molar-refractivity contribution is -0.229. The van der Waals surface area contributed by atoms with Crippen LogP contribution in [0.4, 0.5) is 0 Å². The van der Waals surface area contributed by atoms with Crippen molar-refractivity contribution in [2.75, 3.05) is 0 Å². The van der Waals surface area contributed by atoms with Crippen LogP contribution in [0.15, 0.2) is 11.6 Å². The molecule has 0 aromatic rings. The third-order valence-corrected chi connectivity index (χ3v) is 14.3. The van der Waals surface area contributed by atoms with E-state index < -0.39 is 30.5 Å². The SMILES string of the molecule is CC1O[C@@H](C[C@@]23CCC4C(=CCC5[C@@]4(C)CCC4C(C)(C)C(=O)CC[C@@]45C)C2CC(C)(C)CC3)[C@@H](O)C(O)[C@H]1O. The van der Waals surface area contributed by atoms with E-state index in [4.69, 9.17) is 4.74 Å².